The molecule has 14 nitrogen and oxygen atoms in total. The largest absolute Gasteiger partial charge is 0.480 e. The summed E-state index contributed by atoms with van der Waals surface area (Å²) in [6.07, 6.45) is -7.82. The zero-order chi connectivity index (χ0) is 34.2. The van der Waals surface area contributed by atoms with Crippen LogP contribution < -0.4 is 16.0 Å². The van der Waals surface area contributed by atoms with Crippen molar-refractivity contribution in [2.24, 2.45) is 5.92 Å². The minimum Gasteiger partial charge on any atom is -0.480 e. The molecule has 0 radical (unpaired) electrons. The third-order valence-electron chi connectivity index (χ3n) is 8.46. The van der Waals surface area contributed by atoms with Gasteiger partial charge in [-0.15, -0.1) is 0 Å². The van der Waals surface area contributed by atoms with Crippen LogP contribution in [0.3, 0.4) is 0 Å². The number of carbonyl (C=O) groups excluding carboxylic acids is 3. The Bertz CT molecular complexity index is 1370. The van der Waals surface area contributed by atoms with Gasteiger partial charge in [-0.1, -0.05) is 62.4 Å². The number of carboxylic acid groups (broad SMARTS) is 1. The summed E-state index contributed by atoms with van der Waals surface area (Å²) in [4.78, 5) is 50.4. The molecular formula is C33H43N3O11. The Morgan fingerprint density at radius 1 is 0.872 bits per heavy atom. The summed E-state index contributed by atoms with van der Waals surface area (Å²) < 4.78 is 15.7. The molecule has 7 atom stereocenters. The number of amides is 3. The molecule has 0 bridgehead atoms. The van der Waals surface area contributed by atoms with E-state index in [2.05, 4.69) is 16.0 Å². The van der Waals surface area contributed by atoms with Gasteiger partial charge in [0.05, 0.1) is 0 Å². The van der Waals surface area contributed by atoms with Crippen LogP contribution in [0, 0.1) is 5.92 Å². The third-order valence-corrected chi connectivity index (χ3v) is 8.46. The number of aliphatic carboxylic acids is 1. The molecule has 1 unspecified atom stereocenters. The summed E-state index contributed by atoms with van der Waals surface area (Å²) in [6, 6.07) is 13.5. The molecule has 256 valence electrons. The second-order valence-electron chi connectivity index (χ2n) is 12.0. The quantitative estimate of drug-likeness (QED) is 0.142. The number of hydrogen-bond acceptors (Lipinski definition) is 10. The highest BCUT2D eigenvalue weighted by Gasteiger charge is 2.47. The number of aliphatic hydroxyl groups is 3. The van der Waals surface area contributed by atoms with E-state index in [9.17, 15) is 39.6 Å². The van der Waals surface area contributed by atoms with Crippen molar-refractivity contribution in [3.63, 3.8) is 0 Å². The molecular weight excluding hydrogens is 614 g/mol. The normalized spacial score (nSPS) is 23.3. The highest BCUT2D eigenvalue weighted by atomic mass is 16.7. The molecule has 14 heteroatoms. The Kier molecular flexibility index (Phi) is 12.3. The molecule has 7 N–H and O–H groups in total. The van der Waals surface area contributed by atoms with Crippen LogP contribution in [0.25, 0.3) is 11.1 Å². The van der Waals surface area contributed by atoms with Crippen LogP contribution in [0.1, 0.15) is 50.2 Å². The molecule has 1 aliphatic heterocycles. The molecule has 0 saturated carbocycles. The lowest BCUT2D eigenvalue weighted by atomic mass is 9.98. The highest BCUT2D eigenvalue weighted by Crippen LogP contribution is 2.44. The molecule has 1 saturated heterocycles. The van der Waals surface area contributed by atoms with E-state index in [0.29, 0.717) is 12.8 Å². The van der Waals surface area contributed by atoms with Gasteiger partial charge in [0.25, 0.3) is 5.91 Å². The lowest BCUT2D eigenvalue weighted by molar-refractivity contribution is -0.283. The van der Waals surface area contributed by atoms with Crippen molar-refractivity contribution in [3.8, 4) is 11.1 Å². The van der Waals surface area contributed by atoms with Crippen LogP contribution in [0.2, 0.25) is 0 Å². The summed E-state index contributed by atoms with van der Waals surface area (Å²) in [7, 11) is 1.21. The Labute approximate surface area is 272 Å². The van der Waals surface area contributed by atoms with Crippen LogP contribution in [0.5, 0.6) is 0 Å². The highest BCUT2D eigenvalue weighted by molar-refractivity contribution is 5.89. The number of aliphatic hydroxyl groups excluding tert-OH is 3. The Hall–Kier alpha value is -4.08. The number of ether oxygens (including phenoxy) is 3. The van der Waals surface area contributed by atoms with Gasteiger partial charge in [0.2, 0.25) is 5.91 Å². The van der Waals surface area contributed by atoms with Crippen molar-refractivity contribution in [2.45, 2.75) is 81.8 Å². The molecule has 47 heavy (non-hydrogen) atoms. The Balaban J connectivity index is 1.24. The molecule has 3 amide bonds. The average molecular weight is 658 g/mol. The van der Waals surface area contributed by atoms with Gasteiger partial charge in [0.15, 0.2) is 12.4 Å². The fourth-order valence-electron chi connectivity index (χ4n) is 5.87. The number of carboxylic acids is 1. The van der Waals surface area contributed by atoms with Crippen molar-refractivity contribution in [3.05, 3.63) is 59.7 Å². The number of rotatable bonds is 14. The van der Waals surface area contributed by atoms with Crippen LogP contribution in [0.4, 0.5) is 4.79 Å². The number of methoxy groups -OCH3 is 1. The number of hydrogen-bond donors (Lipinski definition) is 7. The fraction of sp³-hybridized carbons (Fsp3) is 0.515. The second kappa shape index (κ2) is 16.2. The number of carbonyl (C=O) groups is 4. The smallest absolute Gasteiger partial charge is 0.407 e. The Morgan fingerprint density at radius 3 is 2.06 bits per heavy atom. The first kappa shape index (κ1) is 35.8. The molecule has 0 aromatic heterocycles. The zero-order valence-corrected chi connectivity index (χ0v) is 26.5. The summed E-state index contributed by atoms with van der Waals surface area (Å²) in [5.41, 5.74) is 4.25. The van der Waals surface area contributed by atoms with Crippen LogP contribution >= 0.6 is 0 Å². The lowest BCUT2D eigenvalue weighted by Gasteiger charge is -2.38. The molecule has 1 fully saturated rings. The first-order valence-corrected chi connectivity index (χ1v) is 15.6. The van der Waals surface area contributed by atoms with E-state index in [1.165, 1.54) is 7.11 Å². The topological polar surface area (TPSA) is 213 Å². The van der Waals surface area contributed by atoms with E-state index in [1.807, 2.05) is 48.5 Å². The van der Waals surface area contributed by atoms with Gasteiger partial charge in [-0.3, -0.25) is 9.59 Å². The van der Waals surface area contributed by atoms with E-state index in [1.54, 1.807) is 13.8 Å². The van der Waals surface area contributed by atoms with Gasteiger partial charge in [0, 0.05) is 19.6 Å². The predicted molar refractivity (Wildman–Crippen MR) is 167 cm³/mol. The maximum Gasteiger partial charge on any atom is 0.407 e. The fourth-order valence-corrected chi connectivity index (χ4v) is 5.87. The number of benzene rings is 2. The molecule has 2 aromatic rings. The van der Waals surface area contributed by atoms with Crippen molar-refractivity contribution in [1.82, 2.24) is 16.0 Å². The monoisotopic (exact) mass is 657 g/mol. The van der Waals surface area contributed by atoms with Crippen molar-refractivity contribution >= 4 is 23.9 Å². The van der Waals surface area contributed by atoms with Gasteiger partial charge >= 0.3 is 12.1 Å². The zero-order valence-electron chi connectivity index (χ0n) is 26.5. The van der Waals surface area contributed by atoms with Crippen molar-refractivity contribution in [1.29, 1.82) is 0 Å². The van der Waals surface area contributed by atoms with Gasteiger partial charge in [-0.25, -0.2) is 9.59 Å². The number of unbranched alkanes of at least 4 members (excludes halogenated alkanes) is 1. The van der Waals surface area contributed by atoms with Gasteiger partial charge in [0.1, 0.15) is 37.0 Å². The molecule has 4 rings (SSSR count). The van der Waals surface area contributed by atoms with Crippen LogP contribution in [0.15, 0.2) is 48.5 Å². The first-order chi connectivity index (χ1) is 22.4. The summed E-state index contributed by atoms with van der Waals surface area (Å²) in [5.74, 6) is -3.22. The predicted octanol–water partition coefficient (Wildman–Crippen LogP) is 0.860. The number of alkyl carbamates (subject to hydrolysis) is 1. The lowest BCUT2D eigenvalue weighted by Crippen LogP contribution is -2.61. The first-order valence-electron chi connectivity index (χ1n) is 15.6. The van der Waals surface area contributed by atoms with Crippen molar-refractivity contribution < 1.29 is 53.8 Å². The maximum absolute atomic E-state index is 13.1. The molecule has 0 spiro atoms. The molecule has 1 heterocycles. The minimum atomic E-state index is -1.68. The van der Waals surface area contributed by atoms with Gasteiger partial charge in [-0.2, -0.15) is 0 Å². The molecule has 2 aliphatic rings. The summed E-state index contributed by atoms with van der Waals surface area (Å²) in [6.45, 7) is 3.57. The van der Waals surface area contributed by atoms with Crippen LogP contribution in [-0.4, -0.2) is 107 Å². The maximum atomic E-state index is 13.1. The average Bonchev–Trinajstić information content (AvgIpc) is 3.37. The van der Waals surface area contributed by atoms with E-state index in [-0.39, 0.29) is 31.4 Å². The van der Waals surface area contributed by atoms with E-state index < -0.39 is 66.7 Å². The number of nitrogens with one attached hydrogen (secondary N) is 3. The van der Waals surface area contributed by atoms with Gasteiger partial charge < -0.3 is 50.6 Å². The van der Waals surface area contributed by atoms with E-state index >= 15 is 0 Å². The number of fused-ring (bicyclic) bond motifs is 3. The van der Waals surface area contributed by atoms with Crippen LogP contribution in [-0.2, 0) is 28.6 Å². The van der Waals surface area contributed by atoms with Gasteiger partial charge in [-0.05, 0) is 47.4 Å². The summed E-state index contributed by atoms with van der Waals surface area (Å²) in [5, 5.41) is 47.3. The van der Waals surface area contributed by atoms with Crippen molar-refractivity contribution in [2.75, 3.05) is 20.3 Å². The standard InChI is InChI=1S/C33H43N3O11/c1-17(2)24(36-33(44)46-16-22-20-12-6-4-10-18(20)19-11-5-7-13-21(19)22)29(40)35-23(31(42)43)14-8-9-15-34-30(41)28-26(38)25(37)27(39)32(45-3)47-28/h4-7,10-13,17,22-28,32,37-39H,8-9,14-16H2,1-3H3,(H,34,41)(H,35,40)(H,36,44)(H,42,43)/t23-,24?,25-,26-,27+,28-,32+/m0/s1. The Morgan fingerprint density at radius 2 is 1.49 bits per heavy atom. The molecule has 2 aromatic carbocycles. The second-order valence-corrected chi connectivity index (χ2v) is 12.0. The minimum absolute atomic E-state index is 0.0336. The van der Waals surface area contributed by atoms with E-state index in [0.717, 1.165) is 22.3 Å². The molecule has 1 aliphatic carbocycles. The summed E-state index contributed by atoms with van der Waals surface area (Å²) >= 11 is 0. The SMILES string of the molecule is CO[C@@H]1O[C@H](C(=O)NCCCC[C@H](NC(=O)C(NC(=O)OCC2c3ccccc3-c3ccccc32)C(C)C)C(=O)O)[C@@H](O)[C@H](O)[C@H]1O. The third kappa shape index (κ3) is 8.45. The van der Waals surface area contributed by atoms with E-state index in [4.69, 9.17) is 14.2 Å².